The van der Waals surface area contributed by atoms with Crippen molar-refractivity contribution >= 4 is 23.5 Å². The Kier molecular flexibility index (Phi) is 8.33. The normalized spacial score (nSPS) is 23.4. The van der Waals surface area contributed by atoms with Crippen LogP contribution in [0.1, 0.15) is 43.3 Å². The van der Waals surface area contributed by atoms with E-state index in [2.05, 4.69) is 26.3 Å². The number of rotatable bonds is 4. The Labute approximate surface area is 191 Å². The Bertz CT molecular complexity index is 850. The van der Waals surface area contributed by atoms with Crippen molar-refractivity contribution in [2.75, 3.05) is 0 Å². The fourth-order valence-corrected chi connectivity index (χ4v) is 6.09. The first-order valence-electron chi connectivity index (χ1n) is 8.96. The topological polar surface area (TPSA) is 46.1 Å². The maximum absolute atomic E-state index is 11.6. The van der Waals surface area contributed by atoms with Crippen LogP contribution in [-0.4, -0.2) is 0 Å². The summed E-state index contributed by atoms with van der Waals surface area (Å²) in [7, 11) is 0. The molecule has 0 fully saturated rings. The third-order valence-corrected chi connectivity index (χ3v) is 7.75. The third kappa shape index (κ3) is 4.53. The van der Waals surface area contributed by atoms with Crippen LogP contribution in [-0.2, 0) is 16.5 Å². The third-order valence-electron chi connectivity index (χ3n) is 4.82. The van der Waals surface area contributed by atoms with Gasteiger partial charge >= 0.3 is 16.5 Å². The van der Waals surface area contributed by atoms with Gasteiger partial charge < -0.3 is 10.2 Å². The van der Waals surface area contributed by atoms with Gasteiger partial charge in [-0.15, -0.1) is 61.3 Å². The molecule has 0 N–H and O–H groups in total. The molecule has 4 atom stereocenters. The fraction of sp³-hybridized carbons (Fsp3) is 0.167. The molecule has 2 aliphatic rings. The molecule has 0 bridgehead atoms. The fourth-order valence-electron chi connectivity index (χ4n) is 3.54. The van der Waals surface area contributed by atoms with Gasteiger partial charge in [-0.05, 0) is 22.3 Å². The van der Waals surface area contributed by atoms with Crippen molar-refractivity contribution < 1.29 is 26.7 Å². The van der Waals surface area contributed by atoms with Gasteiger partial charge in [0.15, 0.2) is 0 Å². The Morgan fingerprint density at radius 2 is 0.966 bits per heavy atom. The second-order valence-corrected chi connectivity index (χ2v) is 8.99. The van der Waals surface area contributed by atoms with Gasteiger partial charge in [-0.25, -0.2) is 0 Å². The summed E-state index contributed by atoms with van der Waals surface area (Å²) < 4.78 is 0. The van der Waals surface area contributed by atoms with Crippen LogP contribution in [0.2, 0.25) is 0 Å². The van der Waals surface area contributed by atoms with E-state index in [9.17, 15) is 10.2 Å². The summed E-state index contributed by atoms with van der Waals surface area (Å²) in [6.45, 7) is 15.1. The maximum atomic E-state index is 11.6. The van der Waals surface area contributed by atoms with E-state index >= 15 is 0 Å². The standard InChI is InChI=1S/2C12H12OS.Ni/c2*1-3-10-8-6-5-7-9(13)12(8)11(4-2)14-10;/h2*3-7,10-11,13H,1-2H2;/q;;+2/p-2. The van der Waals surface area contributed by atoms with Crippen LogP contribution in [0, 0.1) is 0 Å². The molecule has 2 heterocycles. The van der Waals surface area contributed by atoms with Crippen LogP contribution in [0.4, 0.5) is 0 Å². The molecular formula is C24H22NiO2S2. The summed E-state index contributed by atoms with van der Waals surface area (Å²) in [6, 6.07) is 10.8. The zero-order valence-corrected chi connectivity index (χ0v) is 18.5. The number of benzene rings is 2. The molecule has 2 aliphatic heterocycles. The minimum absolute atomic E-state index is 0. The van der Waals surface area contributed by atoms with E-state index in [0.717, 1.165) is 22.3 Å². The zero-order chi connectivity index (χ0) is 20.3. The smallest absolute Gasteiger partial charge is 0.872 e. The van der Waals surface area contributed by atoms with E-state index in [1.54, 1.807) is 35.7 Å². The molecule has 0 saturated carbocycles. The predicted molar refractivity (Wildman–Crippen MR) is 119 cm³/mol. The molecule has 2 aromatic carbocycles. The van der Waals surface area contributed by atoms with Gasteiger partial charge in [0.05, 0.1) is 0 Å². The van der Waals surface area contributed by atoms with Gasteiger partial charge in [-0.2, -0.15) is 0 Å². The summed E-state index contributed by atoms with van der Waals surface area (Å²) in [5.74, 6) is 0.230. The SMILES string of the molecule is C=CC1SC(C=C)c2c([O-])cccc21.C=CC1SC(C=C)c2c([O-])cccc21.[Ni+2]. The Morgan fingerprint density at radius 1 is 0.621 bits per heavy atom. The van der Waals surface area contributed by atoms with Crippen LogP contribution in [0.25, 0.3) is 0 Å². The van der Waals surface area contributed by atoms with Crippen molar-refractivity contribution in [1.82, 2.24) is 0 Å². The minimum atomic E-state index is 0. The van der Waals surface area contributed by atoms with E-state index in [1.165, 1.54) is 0 Å². The van der Waals surface area contributed by atoms with E-state index in [0.29, 0.717) is 0 Å². The van der Waals surface area contributed by atoms with Gasteiger partial charge in [-0.1, -0.05) is 60.7 Å². The second-order valence-electron chi connectivity index (χ2n) is 6.42. The average molecular weight is 465 g/mol. The van der Waals surface area contributed by atoms with Crippen LogP contribution in [0.3, 0.4) is 0 Å². The van der Waals surface area contributed by atoms with Crippen LogP contribution >= 0.6 is 23.5 Å². The molecule has 0 saturated heterocycles. The zero-order valence-electron chi connectivity index (χ0n) is 15.9. The average Bonchev–Trinajstić information content (AvgIpc) is 3.27. The molecule has 0 aromatic heterocycles. The molecule has 0 aliphatic carbocycles. The summed E-state index contributed by atoms with van der Waals surface area (Å²) in [5, 5.41) is 24.0. The summed E-state index contributed by atoms with van der Waals surface area (Å²) >= 11 is 3.43. The largest absolute Gasteiger partial charge is 2.00 e. The number of hydrogen-bond donors (Lipinski definition) is 0. The van der Waals surface area contributed by atoms with Gasteiger partial charge in [-0.3, -0.25) is 0 Å². The maximum Gasteiger partial charge on any atom is 2.00 e. The quantitative estimate of drug-likeness (QED) is 0.416. The minimum Gasteiger partial charge on any atom is -0.872 e. The Morgan fingerprint density at radius 3 is 1.28 bits per heavy atom. The van der Waals surface area contributed by atoms with Crippen molar-refractivity contribution in [3.63, 3.8) is 0 Å². The first-order valence-corrected chi connectivity index (χ1v) is 10.8. The van der Waals surface area contributed by atoms with Crippen molar-refractivity contribution in [2.24, 2.45) is 0 Å². The predicted octanol–water partition coefficient (Wildman–Crippen LogP) is 5.92. The van der Waals surface area contributed by atoms with Gasteiger partial charge in [0.2, 0.25) is 0 Å². The summed E-state index contributed by atoms with van der Waals surface area (Å²) in [4.78, 5) is 0. The van der Waals surface area contributed by atoms with Crippen molar-refractivity contribution in [3.8, 4) is 11.5 Å². The van der Waals surface area contributed by atoms with Crippen LogP contribution < -0.4 is 10.2 Å². The van der Waals surface area contributed by atoms with E-state index in [4.69, 9.17) is 0 Å². The Hall–Kier alpha value is -1.81. The second kappa shape index (κ2) is 10.3. The van der Waals surface area contributed by atoms with Crippen LogP contribution in [0.5, 0.6) is 11.5 Å². The van der Waals surface area contributed by atoms with Gasteiger partial charge in [0.25, 0.3) is 0 Å². The molecule has 5 heteroatoms. The van der Waals surface area contributed by atoms with Crippen molar-refractivity contribution in [2.45, 2.75) is 21.0 Å². The molecule has 0 radical (unpaired) electrons. The molecule has 0 amide bonds. The first-order chi connectivity index (χ1) is 13.5. The Balaban J connectivity index is 0.000000200. The van der Waals surface area contributed by atoms with Gasteiger partial charge in [0.1, 0.15) is 0 Å². The molecule has 4 unspecified atom stereocenters. The van der Waals surface area contributed by atoms with Crippen LogP contribution in [0.15, 0.2) is 87.0 Å². The number of thioether (sulfide) groups is 2. The van der Waals surface area contributed by atoms with E-state index in [1.807, 2.05) is 48.6 Å². The molecule has 0 spiro atoms. The molecule has 2 nitrogen and oxygen atoms in total. The molecule has 2 aromatic rings. The summed E-state index contributed by atoms with van der Waals surface area (Å²) in [5.41, 5.74) is 3.97. The molecule has 29 heavy (non-hydrogen) atoms. The van der Waals surface area contributed by atoms with E-state index < -0.39 is 0 Å². The first kappa shape index (κ1) is 23.5. The molecular weight excluding hydrogens is 443 g/mol. The van der Waals surface area contributed by atoms with E-state index in [-0.39, 0.29) is 49.0 Å². The van der Waals surface area contributed by atoms with Gasteiger partial charge in [0, 0.05) is 21.0 Å². The number of fused-ring (bicyclic) bond motifs is 2. The van der Waals surface area contributed by atoms with Crippen molar-refractivity contribution in [1.29, 1.82) is 0 Å². The molecule has 152 valence electrons. The molecule has 4 rings (SSSR count). The monoisotopic (exact) mass is 464 g/mol. The van der Waals surface area contributed by atoms with Crippen molar-refractivity contribution in [3.05, 3.63) is 109 Å². The number of hydrogen-bond acceptors (Lipinski definition) is 4. The summed E-state index contributed by atoms with van der Waals surface area (Å²) in [6.07, 6.45) is 7.42.